The molecule has 4 nitrogen and oxygen atoms in total. The van der Waals surface area contributed by atoms with Crippen molar-refractivity contribution < 1.29 is 0 Å². The van der Waals surface area contributed by atoms with E-state index in [2.05, 4.69) is 5.10 Å². The maximum atomic E-state index is 8.69. The van der Waals surface area contributed by atoms with E-state index in [1.165, 1.54) is 10.7 Å². The molecule has 0 radical (unpaired) electrons. The van der Waals surface area contributed by atoms with Crippen molar-refractivity contribution in [2.45, 2.75) is 0 Å². The molecule has 0 bridgehead atoms. The van der Waals surface area contributed by atoms with Crippen LogP contribution in [-0.4, -0.2) is 9.78 Å². The largest absolute Gasteiger partial charge is 0.384 e. The first-order valence-electron chi connectivity index (χ1n) is 4.33. The van der Waals surface area contributed by atoms with Crippen molar-refractivity contribution in [3.8, 4) is 11.8 Å². The maximum absolute atomic E-state index is 8.69. The lowest BCUT2D eigenvalue weighted by Gasteiger charge is -2.04. The molecule has 0 saturated heterocycles. The molecule has 0 saturated carbocycles. The van der Waals surface area contributed by atoms with Gasteiger partial charge in [0.2, 0.25) is 0 Å². The first kappa shape index (κ1) is 10.8. The van der Waals surface area contributed by atoms with Crippen LogP contribution in [0.25, 0.3) is 5.69 Å². The number of aromatic nitrogens is 2. The molecule has 1 aromatic carbocycles. The molecule has 2 aromatic rings. The van der Waals surface area contributed by atoms with E-state index in [9.17, 15) is 0 Å². The van der Waals surface area contributed by atoms with Crippen molar-refractivity contribution in [1.29, 1.82) is 5.26 Å². The van der Waals surface area contributed by atoms with E-state index >= 15 is 0 Å². The van der Waals surface area contributed by atoms with Gasteiger partial charge in [0.15, 0.2) is 5.69 Å². The second-order valence-electron chi connectivity index (χ2n) is 3.08. The molecule has 0 fully saturated rings. The molecule has 6 heteroatoms. The van der Waals surface area contributed by atoms with Crippen LogP contribution in [0.4, 0.5) is 5.82 Å². The number of nitriles is 1. The Morgan fingerprint density at radius 3 is 2.56 bits per heavy atom. The van der Waals surface area contributed by atoms with Crippen LogP contribution >= 0.6 is 23.2 Å². The maximum Gasteiger partial charge on any atom is 0.165 e. The zero-order chi connectivity index (χ0) is 11.7. The summed E-state index contributed by atoms with van der Waals surface area (Å²) in [6.45, 7) is 0. The molecule has 0 amide bonds. The van der Waals surface area contributed by atoms with Crippen molar-refractivity contribution in [2.75, 3.05) is 5.73 Å². The molecule has 1 heterocycles. The van der Waals surface area contributed by atoms with Crippen molar-refractivity contribution >= 4 is 29.0 Å². The summed E-state index contributed by atoms with van der Waals surface area (Å²) in [4.78, 5) is 0. The lowest BCUT2D eigenvalue weighted by Crippen LogP contribution is -2.01. The Labute approximate surface area is 102 Å². The van der Waals surface area contributed by atoms with E-state index in [-0.39, 0.29) is 5.69 Å². The summed E-state index contributed by atoms with van der Waals surface area (Å²) in [5.74, 6) is 0.370. The van der Waals surface area contributed by atoms with Gasteiger partial charge in [0.05, 0.1) is 15.7 Å². The van der Waals surface area contributed by atoms with Gasteiger partial charge in [-0.3, -0.25) is 0 Å². The average molecular weight is 253 g/mol. The highest BCUT2D eigenvalue weighted by molar-refractivity contribution is 6.42. The number of anilines is 1. The highest BCUT2D eigenvalue weighted by atomic mass is 35.5. The van der Waals surface area contributed by atoms with Crippen molar-refractivity contribution in [1.82, 2.24) is 9.78 Å². The Hall–Kier alpha value is -1.70. The topological polar surface area (TPSA) is 67.6 Å². The van der Waals surface area contributed by atoms with Gasteiger partial charge in [0, 0.05) is 6.07 Å². The van der Waals surface area contributed by atoms with Crippen LogP contribution in [0, 0.1) is 11.3 Å². The second kappa shape index (κ2) is 4.05. The van der Waals surface area contributed by atoms with Gasteiger partial charge in [-0.1, -0.05) is 23.2 Å². The molecule has 0 spiro atoms. The summed E-state index contributed by atoms with van der Waals surface area (Å²) in [6.07, 6.45) is 0. The molecule has 0 aliphatic heterocycles. The van der Waals surface area contributed by atoms with Crippen LogP contribution in [0.2, 0.25) is 10.0 Å². The van der Waals surface area contributed by atoms with Crippen LogP contribution in [0.1, 0.15) is 5.69 Å². The first-order chi connectivity index (χ1) is 7.61. The molecule has 2 N–H and O–H groups in total. The summed E-state index contributed by atoms with van der Waals surface area (Å²) < 4.78 is 1.43. The summed E-state index contributed by atoms with van der Waals surface area (Å²) in [5.41, 5.74) is 6.62. The molecular formula is C10H6Cl2N4. The number of hydrogen-bond acceptors (Lipinski definition) is 3. The van der Waals surface area contributed by atoms with E-state index in [4.69, 9.17) is 34.2 Å². The first-order valence-corrected chi connectivity index (χ1v) is 5.08. The lowest BCUT2D eigenvalue weighted by atomic mass is 10.3. The normalized spacial score (nSPS) is 10.1. The number of hydrogen-bond donors (Lipinski definition) is 1. The standard InChI is InChI=1S/C10H6Cl2N4/c11-8-2-1-7(4-9(8)12)16-10(14)3-6(5-13)15-16/h1-4H,14H2. The summed E-state index contributed by atoms with van der Waals surface area (Å²) in [5, 5.41) is 13.6. The Kier molecular flexibility index (Phi) is 2.73. The predicted octanol–water partition coefficient (Wildman–Crippen LogP) is 2.63. The summed E-state index contributed by atoms with van der Waals surface area (Å²) in [6, 6.07) is 8.40. The van der Waals surface area contributed by atoms with E-state index in [0.29, 0.717) is 21.6 Å². The number of halogens is 2. The van der Waals surface area contributed by atoms with Gasteiger partial charge in [0.25, 0.3) is 0 Å². The van der Waals surface area contributed by atoms with Crippen molar-refractivity contribution in [2.24, 2.45) is 0 Å². The number of nitrogens with zero attached hydrogens (tertiary/aromatic N) is 3. The van der Waals surface area contributed by atoms with E-state index < -0.39 is 0 Å². The predicted molar refractivity (Wildman–Crippen MR) is 62.7 cm³/mol. The van der Waals surface area contributed by atoms with Gasteiger partial charge in [-0.15, -0.1) is 0 Å². The fourth-order valence-corrected chi connectivity index (χ4v) is 1.57. The SMILES string of the molecule is N#Cc1cc(N)n(-c2ccc(Cl)c(Cl)c2)n1. The average Bonchev–Trinajstić information content (AvgIpc) is 2.64. The number of benzene rings is 1. The zero-order valence-electron chi connectivity index (χ0n) is 7.98. The third kappa shape index (κ3) is 1.83. The molecule has 16 heavy (non-hydrogen) atoms. The number of rotatable bonds is 1. The van der Waals surface area contributed by atoms with Crippen molar-refractivity contribution in [3.05, 3.63) is 40.0 Å². The highest BCUT2D eigenvalue weighted by Crippen LogP contribution is 2.25. The van der Waals surface area contributed by atoms with Gasteiger partial charge in [0.1, 0.15) is 11.9 Å². The van der Waals surface area contributed by atoms with Crippen molar-refractivity contribution in [3.63, 3.8) is 0 Å². The highest BCUT2D eigenvalue weighted by Gasteiger charge is 2.07. The molecule has 0 aliphatic rings. The Morgan fingerprint density at radius 2 is 2.00 bits per heavy atom. The Balaban J connectivity index is 2.55. The molecule has 0 aliphatic carbocycles. The van der Waals surface area contributed by atoms with Crippen LogP contribution in [0.3, 0.4) is 0 Å². The third-order valence-electron chi connectivity index (χ3n) is 2.00. The smallest absolute Gasteiger partial charge is 0.165 e. The monoisotopic (exact) mass is 252 g/mol. The van der Waals surface area contributed by atoms with Crippen LogP contribution in [0.15, 0.2) is 24.3 Å². The van der Waals surface area contributed by atoms with E-state index in [0.717, 1.165) is 0 Å². The van der Waals surface area contributed by atoms with Crippen LogP contribution in [0.5, 0.6) is 0 Å². The minimum Gasteiger partial charge on any atom is -0.384 e. The number of nitrogen functional groups attached to an aromatic ring is 1. The quantitative estimate of drug-likeness (QED) is 0.849. The Bertz CT molecular complexity index is 583. The van der Waals surface area contributed by atoms with Gasteiger partial charge < -0.3 is 5.73 Å². The van der Waals surface area contributed by atoms with E-state index in [1.807, 2.05) is 6.07 Å². The van der Waals surface area contributed by atoms with Gasteiger partial charge in [-0.25, -0.2) is 4.68 Å². The van der Waals surface area contributed by atoms with Crippen LogP contribution < -0.4 is 5.73 Å². The summed E-state index contributed by atoms with van der Waals surface area (Å²) >= 11 is 11.7. The minimum atomic E-state index is 0.253. The molecule has 80 valence electrons. The summed E-state index contributed by atoms with van der Waals surface area (Å²) in [7, 11) is 0. The Morgan fingerprint density at radius 1 is 1.25 bits per heavy atom. The van der Waals surface area contributed by atoms with Gasteiger partial charge >= 0.3 is 0 Å². The number of nitrogens with two attached hydrogens (primary N) is 1. The molecule has 0 atom stereocenters. The minimum absolute atomic E-state index is 0.253. The molecule has 1 aromatic heterocycles. The van der Waals surface area contributed by atoms with Gasteiger partial charge in [-0.2, -0.15) is 10.4 Å². The second-order valence-corrected chi connectivity index (χ2v) is 3.89. The molecule has 2 rings (SSSR count). The lowest BCUT2D eigenvalue weighted by molar-refractivity contribution is 0.883. The fourth-order valence-electron chi connectivity index (χ4n) is 1.27. The third-order valence-corrected chi connectivity index (χ3v) is 2.74. The van der Waals surface area contributed by atoms with Crippen LogP contribution in [-0.2, 0) is 0 Å². The molecular weight excluding hydrogens is 247 g/mol. The molecule has 0 unspecified atom stereocenters. The van der Waals surface area contributed by atoms with E-state index in [1.54, 1.807) is 18.2 Å². The fraction of sp³-hybridized carbons (Fsp3) is 0. The van der Waals surface area contributed by atoms with Gasteiger partial charge in [-0.05, 0) is 18.2 Å². The zero-order valence-corrected chi connectivity index (χ0v) is 9.50.